The van der Waals surface area contributed by atoms with Crippen LogP contribution in [-0.4, -0.2) is 65.6 Å². The van der Waals surface area contributed by atoms with Gasteiger partial charge in [0.25, 0.3) is 0 Å². The van der Waals surface area contributed by atoms with E-state index in [-0.39, 0.29) is 0 Å². The van der Waals surface area contributed by atoms with Crippen LogP contribution in [0.4, 0.5) is 5.82 Å². The molecule has 0 bridgehead atoms. The van der Waals surface area contributed by atoms with E-state index in [0.717, 1.165) is 47.6 Å². The Kier molecular flexibility index (Phi) is 7.16. The molecule has 2 aromatic carbocycles. The summed E-state index contributed by atoms with van der Waals surface area (Å²) in [5, 5.41) is 5.34. The average molecular weight is 424 g/mol. The van der Waals surface area contributed by atoms with E-state index in [1.807, 2.05) is 42.5 Å². The summed E-state index contributed by atoms with van der Waals surface area (Å²) in [5.74, 6) is 1.62. The molecule has 3 aromatic rings. The van der Waals surface area contributed by atoms with Crippen molar-refractivity contribution in [3.05, 3.63) is 53.6 Å². The molecule has 1 saturated heterocycles. The second kappa shape index (κ2) is 10.2. The molecule has 1 aliphatic heterocycles. The Morgan fingerprint density at radius 3 is 2.33 bits per heavy atom. The summed E-state index contributed by atoms with van der Waals surface area (Å²) in [5.41, 5.74) is 1.92. The number of hydrogen-bond donors (Lipinski definition) is 1. The number of benzene rings is 2. The van der Waals surface area contributed by atoms with Crippen molar-refractivity contribution in [1.82, 2.24) is 19.8 Å². The van der Waals surface area contributed by atoms with E-state index in [1.54, 1.807) is 0 Å². The highest BCUT2D eigenvalue weighted by Crippen LogP contribution is 2.25. The number of fused-ring (bicyclic) bond motifs is 1. The van der Waals surface area contributed by atoms with Gasteiger partial charge in [-0.1, -0.05) is 30.7 Å². The minimum atomic E-state index is 0.716. The van der Waals surface area contributed by atoms with E-state index in [0.29, 0.717) is 5.02 Å². The zero-order chi connectivity index (χ0) is 20.8. The number of anilines is 1. The van der Waals surface area contributed by atoms with Crippen molar-refractivity contribution in [1.29, 1.82) is 0 Å². The first-order chi connectivity index (χ1) is 14.7. The summed E-state index contributed by atoms with van der Waals surface area (Å²) in [6, 6.07) is 15.9. The molecule has 0 saturated carbocycles. The number of hydrogen-bond acceptors (Lipinski definition) is 5. The molecule has 1 N–H and O–H groups in total. The summed E-state index contributed by atoms with van der Waals surface area (Å²) in [4.78, 5) is 14.7. The largest absolute Gasteiger partial charge is 0.369 e. The molecule has 30 heavy (non-hydrogen) atoms. The van der Waals surface area contributed by atoms with E-state index in [9.17, 15) is 0 Å². The number of halogens is 1. The second-order valence-corrected chi connectivity index (χ2v) is 8.32. The molecule has 0 spiro atoms. The van der Waals surface area contributed by atoms with Crippen LogP contribution < -0.4 is 5.32 Å². The molecule has 0 atom stereocenters. The maximum atomic E-state index is 6.04. The molecular formula is C24H30ClN5. The van der Waals surface area contributed by atoms with E-state index >= 15 is 0 Å². The highest BCUT2D eigenvalue weighted by atomic mass is 35.5. The van der Waals surface area contributed by atoms with Gasteiger partial charge in [0.05, 0.1) is 5.52 Å². The van der Waals surface area contributed by atoms with Crippen molar-refractivity contribution in [2.45, 2.75) is 19.8 Å². The smallest absolute Gasteiger partial charge is 0.162 e. The number of aromatic nitrogens is 2. The van der Waals surface area contributed by atoms with Crippen molar-refractivity contribution in [3.8, 4) is 11.4 Å². The maximum absolute atomic E-state index is 6.04. The Labute approximate surface area is 184 Å². The lowest BCUT2D eigenvalue weighted by Crippen LogP contribution is -2.46. The number of rotatable bonds is 8. The van der Waals surface area contributed by atoms with Gasteiger partial charge < -0.3 is 15.1 Å². The molecule has 0 aliphatic carbocycles. The van der Waals surface area contributed by atoms with E-state index in [4.69, 9.17) is 21.6 Å². The van der Waals surface area contributed by atoms with Gasteiger partial charge in [-0.3, -0.25) is 0 Å². The van der Waals surface area contributed by atoms with Crippen LogP contribution >= 0.6 is 11.6 Å². The molecule has 158 valence electrons. The normalized spacial score (nSPS) is 15.5. The lowest BCUT2D eigenvalue weighted by Gasteiger charge is -2.34. The number of nitrogens with zero attached hydrogens (tertiary/aromatic N) is 4. The van der Waals surface area contributed by atoms with Crippen molar-refractivity contribution < 1.29 is 0 Å². The van der Waals surface area contributed by atoms with Gasteiger partial charge in [0.2, 0.25) is 0 Å². The second-order valence-electron chi connectivity index (χ2n) is 7.88. The SMILES string of the molecule is CCCN1CCN(CCCNc2nc(-c3ccc(Cl)cc3)nc3ccccc23)CC1. The quantitative estimate of drug-likeness (QED) is 0.528. The molecule has 4 rings (SSSR count). The third-order valence-corrected chi connectivity index (χ3v) is 5.91. The number of piperazine rings is 1. The fourth-order valence-corrected chi connectivity index (χ4v) is 4.13. The first-order valence-electron chi connectivity index (χ1n) is 10.9. The zero-order valence-corrected chi connectivity index (χ0v) is 18.4. The van der Waals surface area contributed by atoms with Crippen molar-refractivity contribution in [3.63, 3.8) is 0 Å². The predicted octanol–water partition coefficient (Wildman–Crippen LogP) is 4.78. The number of para-hydroxylation sites is 1. The molecule has 1 aliphatic rings. The lowest BCUT2D eigenvalue weighted by molar-refractivity contribution is 0.132. The van der Waals surface area contributed by atoms with Crippen LogP contribution in [-0.2, 0) is 0 Å². The minimum absolute atomic E-state index is 0.716. The average Bonchev–Trinajstić information content (AvgIpc) is 2.78. The van der Waals surface area contributed by atoms with Crippen LogP contribution in [0.3, 0.4) is 0 Å². The molecule has 1 fully saturated rings. The molecule has 5 nitrogen and oxygen atoms in total. The van der Waals surface area contributed by atoms with Crippen LogP contribution in [0.25, 0.3) is 22.3 Å². The third kappa shape index (κ3) is 5.28. The van der Waals surface area contributed by atoms with Crippen LogP contribution in [0, 0.1) is 0 Å². The van der Waals surface area contributed by atoms with Gasteiger partial charge in [0, 0.05) is 48.7 Å². The van der Waals surface area contributed by atoms with Crippen molar-refractivity contribution >= 4 is 28.3 Å². The van der Waals surface area contributed by atoms with Gasteiger partial charge >= 0.3 is 0 Å². The Bertz CT molecular complexity index is 951. The Hall–Kier alpha value is -2.21. The molecule has 0 radical (unpaired) electrons. The van der Waals surface area contributed by atoms with Crippen molar-refractivity contribution in [2.75, 3.05) is 51.1 Å². The molecule has 0 unspecified atom stereocenters. The number of nitrogens with one attached hydrogen (secondary N) is 1. The van der Waals surface area contributed by atoms with E-state index in [2.05, 4.69) is 28.1 Å². The Morgan fingerprint density at radius 1 is 0.900 bits per heavy atom. The summed E-state index contributed by atoms with van der Waals surface area (Å²) >= 11 is 6.04. The summed E-state index contributed by atoms with van der Waals surface area (Å²) in [6.45, 7) is 10.3. The molecular weight excluding hydrogens is 394 g/mol. The van der Waals surface area contributed by atoms with Crippen molar-refractivity contribution in [2.24, 2.45) is 0 Å². The van der Waals surface area contributed by atoms with Crippen LogP contribution in [0.5, 0.6) is 0 Å². The Morgan fingerprint density at radius 2 is 1.60 bits per heavy atom. The van der Waals surface area contributed by atoms with E-state index in [1.165, 1.54) is 39.1 Å². The first kappa shape index (κ1) is 21.0. The van der Waals surface area contributed by atoms with Gasteiger partial charge in [-0.05, 0) is 62.3 Å². The highest BCUT2D eigenvalue weighted by molar-refractivity contribution is 6.30. The molecule has 2 heterocycles. The molecule has 1 aromatic heterocycles. The highest BCUT2D eigenvalue weighted by Gasteiger charge is 2.15. The fourth-order valence-electron chi connectivity index (χ4n) is 4.00. The van der Waals surface area contributed by atoms with Gasteiger partial charge in [-0.2, -0.15) is 0 Å². The third-order valence-electron chi connectivity index (χ3n) is 5.65. The van der Waals surface area contributed by atoms with Gasteiger partial charge in [0.1, 0.15) is 5.82 Å². The topological polar surface area (TPSA) is 44.3 Å². The van der Waals surface area contributed by atoms with Gasteiger partial charge in [0.15, 0.2) is 5.82 Å². The summed E-state index contributed by atoms with van der Waals surface area (Å²) < 4.78 is 0. The lowest BCUT2D eigenvalue weighted by atomic mass is 10.2. The fraction of sp³-hybridized carbons (Fsp3) is 0.417. The summed E-state index contributed by atoms with van der Waals surface area (Å²) in [6.07, 6.45) is 2.34. The van der Waals surface area contributed by atoms with Crippen LogP contribution in [0.2, 0.25) is 5.02 Å². The van der Waals surface area contributed by atoms with Gasteiger partial charge in [-0.25, -0.2) is 9.97 Å². The molecule has 6 heteroatoms. The van der Waals surface area contributed by atoms with E-state index < -0.39 is 0 Å². The first-order valence-corrected chi connectivity index (χ1v) is 11.3. The van der Waals surface area contributed by atoms with Crippen LogP contribution in [0.15, 0.2) is 48.5 Å². The Balaban J connectivity index is 1.39. The predicted molar refractivity (Wildman–Crippen MR) is 126 cm³/mol. The molecule has 0 amide bonds. The monoisotopic (exact) mass is 423 g/mol. The van der Waals surface area contributed by atoms with Gasteiger partial charge in [-0.15, -0.1) is 0 Å². The zero-order valence-electron chi connectivity index (χ0n) is 17.6. The standard InChI is InChI=1S/C24H30ClN5/c1-2-13-29-15-17-30(18-16-29)14-5-12-26-24-21-6-3-4-7-22(21)27-23(28-24)19-8-10-20(25)11-9-19/h3-4,6-11H,2,5,12-18H2,1H3,(H,26,27,28). The maximum Gasteiger partial charge on any atom is 0.162 e. The van der Waals surface area contributed by atoms with Crippen LogP contribution in [0.1, 0.15) is 19.8 Å². The summed E-state index contributed by atoms with van der Waals surface area (Å²) in [7, 11) is 0. The minimum Gasteiger partial charge on any atom is -0.369 e.